The molecule has 2 aliphatic rings. The molecular formula is C30H37NS. The molecule has 0 bridgehead atoms. The molecular weight excluding hydrogens is 406 g/mol. The van der Waals surface area contributed by atoms with Crippen molar-refractivity contribution in [3.63, 3.8) is 0 Å². The molecule has 1 aliphatic carbocycles. The van der Waals surface area contributed by atoms with Gasteiger partial charge in [-0.1, -0.05) is 89.2 Å². The average molecular weight is 444 g/mol. The minimum absolute atomic E-state index is 0.236. The molecule has 0 saturated heterocycles. The van der Waals surface area contributed by atoms with E-state index in [1.807, 2.05) is 11.8 Å². The number of allylic oxidation sites excluding steroid dienone is 3. The Hall–Kier alpha value is -2.19. The molecule has 1 aliphatic heterocycles. The third-order valence-electron chi connectivity index (χ3n) is 7.17. The number of hydrogen-bond acceptors (Lipinski definition) is 2. The van der Waals surface area contributed by atoms with Crippen molar-refractivity contribution >= 4 is 17.4 Å². The van der Waals surface area contributed by atoms with Gasteiger partial charge in [0.2, 0.25) is 0 Å². The van der Waals surface area contributed by atoms with Crippen LogP contribution in [0.1, 0.15) is 59.4 Å². The Kier molecular flexibility index (Phi) is 6.72. The second kappa shape index (κ2) is 9.35. The molecule has 2 aromatic rings. The van der Waals surface area contributed by atoms with Crippen LogP contribution in [0.25, 0.3) is 11.1 Å². The summed E-state index contributed by atoms with van der Waals surface area (Å²) in [6.45, 7) is 11.9. The van der Waals surface area contributed by atoms with Gasteiger partial charge in [0.1, 0.15) is 0 Å². The van der Waals surface area contributed by atoms with Crippen LogP contribution >= 0.6 is 11.8 Å². The van der Waals surface area contributed by atoms with Crippen LogP contribution in [0.5, 0.6) is 0 Å². The van der Waals surface area contributed by atoms with E-state index < -0.39 is 0 Å². The molecule has 1 saturated carbocycles. The van der Waals surface area contributed by atoms with Gasteiger partial charge in [-0.3, -0.25) is 0 Å². The molecule has 1 nitrogen and oxygen atoms in total. The number of nitrogens with one attached hydrogen (secondary N) is 1. The first kappa shape index (κ1) is 23.0. The molecule has 32 heavy (non-hydrogen) atoms. The smallest absolute Gasteiger partial charge is 0.0461 e. The molecule has 0 atom stereocenters. The summed E-state index contributed by atoms with van der Waals surface area (Å²) in [6.07, 6.45) is 9.47. The van der Waals surface area contributed by atoms with Gasteiger partial charge in [-0.2, -0.15) is 0 Å². The fourth-order valence-electron chi connectivity index (χ4n) is 5.11. The number of benzene rings is 2. The number of para-hydroxylation sites is 1. The fraction of sp³-hybridized carbons (Fsp3) is 0.400. The van der Waals surface area contributed by atoms with E-state index in [9.17, 15) is 0 Å². The van der Waals surface area contributed by atoms with Crippen LogP contribution in [-0.4, -0.2) is 5.75 Å². The molecule has 1 fully saturated rings. The second-order valence-corrected chi connectivity index (χ2v) is 11.3. The molecule has 168 valence electrons. The van der Waals surface area contributed by atoms with Crippen molar-refractivity contribution in [1.29, 1.82) is 0 Å². The molecule has 1 heterocycles. The fourth-order valence-corrected chi connectivity index (χ4v) is 5.82. The van der Waals surface area contributed by atoms with Crippen molar-refractivity contribution < 1.29 is 0 Å². The molecule has 1 N–H and O–H groups in total. The monoisotopic (exact) mass is 443 g/mol. The molecule has 0 unspecified atom stereocenters. The lowest BCUT2D eigenvalue weighted by molar-refractivity contribution is 0.259. The van der Waals surface area contributed by atoms with Gasteiger partial charge in [-0.05, 0) is 63.8 Å². The molecule has 0 radical (unpaired) electrons. The summed E-state index contributed by atoms with van der Waals surface area (Å²) in [6, 6.07) is 17.5. The van der Waals surface area contributed by atoms with Gasteiger partial charge in [0.15, 0.2) is 0 Å². The predicted octanol–water partition coefficient (Wildman–Crippen LogP) is 9.01. The van der Waals surface area contributed by atoms with Crippen LogP contribution in [0.4, 0.5) is 5.69 Å². The quantitative estimate of drug-likeness (QED) is 0.506. The van der Waals surface area contributed by atoms with E-state index in [2.05, 4.69) is 106 Å². The third-order valence-corrected chi connectivity index (χ3v) is 7.98. The Bertz CT molecular complexity index is 1070. The highest BCUT2D eigenvalue weighted by molar-refractivity contribution is 8.02. The van der Waals surface area contributed by atoms with Crippen LogP contribution in [0.15, 0.2) is 82.9 Å². The number of rotatable bonds is 4. The van der Waals surface area contributed by atoms with E-state index in [0.29, 0.717) is 0 Å². The summed E-state index contributed by atoms with van der Waals surface area (Å²) >= 11 is 1.90. The van der Waals surface area contributed by atoms with Crippen molar-refractivity contribution in [3.05, 3.63) is 88.5 Å². The van der Waals surface area contributed by atoms with Crippen molar-refractivity contribution in [1.82, 2.24) is 0 Å². The highest BCUT2D eigenvalue weighted by atomic mass is 32.2. The van der Waals surface area contributed by atoms with Crippen LogP contribution in [0, 0.1) is 10.8 Å². The number of fused-ring (bicyclic) bond motifs is 1. The average Bonchev–Trinajstić information content (AvgIpc) is 2.89. The zero-order chi connectivity index (χ0) is 22.8. The minimum atomic E-state index is 0.236. The summed E-state index contributed by atoms with van der Waals surface area (Å²) < 4.78 is 0. The van der Waals surface area contributed by atoms with Crippen LogP contribution in [0.2, 0.25) is 0 Å². The number of hydrogen-bond donors (Lipinski definition) is 1. The molecule has 4 rings (SSSR count). The first-order valence-electron chi connectivity index (χ1n) is 12.0. The predicted molar refractivity (Wildman–Crippen MR) is 143 cm³/mol. The summed E-state index contributed by atoms with van der Waals surface area (Å²) in [5.41, 5.74) is 10.1. The molecule has 0 amide bonds. The number of anilines is 1. The van der Waals surface area contributed by atoms with Gasteiger partial charge < -0.3 is 5.32 Å². The van der Waals surface area contributed by atoms with Gasteiger partial charge in [0.05, 0.1) is 0 Å². The highest BCUT2D eigenvalue weighted by Crippen LogP contribution is 2.52. The van der Waals surface area contributed by atoms with E-state index in [1.165, 1.54) is 40.9 Å². The van der Waals surface area contributed by atoms with Gasteiger partial charge in [-0.25, -0.2) is 0 Å². The van der Waals surface area contributed by atoms with Crippen molar-refractivity contribution in [2.75, 3.05) is 11.1 Å². The van der Waals surface area contributed by atoms with Gasteiger partial charge in [-0.15, -0.1) is 11.8 Å². The van der Waals surface area contributed by atoms with Crippen molar-refractivity contribution in [2.24, 2.45) is 10.8 Å². The Labute approximate surface area is 199 Å². The molecule has 2 heteroatoms. The maximum atomic E-state index is 3.81. The Morgan fingerprint density at radius 1 is 0.812 bits per heavy atom. The van der Waals surface area contributed by atoms with Crippen molar-refractivity contribution in [3.8, 4) is 11.1 Å². The zero-order valence-corrected chi connectivity index (χ0v) is 21.1. The molecule has 0 spiro atoms. The summed E-state index contributed by atoms with van der Waals surface area (Å²) in [7, 11) is 0. The topological polar surface area (TPSA) is 12.0 Å². The third kappa shape index (κ3) is 4.76. The summed E-state index contributed by atoms with van der Waals surface area (Å²) in [4.78, 5) is 0. The number of aryl methyl sites for hydroxylation is 1. The van der Waals surface area contributed by atoms with Crippen LogP contribution in [-0.2, 0) is 6.42 Å². The van der Waals surface area contributed by atoms with E-state index in [0.717, 1.165) is 18.6 Å². The normalized spacial score (nSPS) is 24.8. The molecule has 0 aromatic heterocycles. The largest absolute Gasteiger partial charge is 0.358 e. The lowest BCUT2D eigenvalue weighted by Gasteiger charge is -2.44. The first-order valence-corrected chi connectivity index (χ1v) is 13.0. The standard InChI is InChI=1S/C30H37NS/c1-6-22-11-7-8-12-24(22)25-13-9-10-14-28(25)31-23-15-16-26-27(17-20-32-21-23)30(4,5)19-18-29(26,2)3/h7-14,16-17,21,31H,6,15,18-20H2,1-5H3/b23-21+,26-16+,27-17+. The lowest BCUT2D eigenvalue weighted by Crippen LogP contribution is -2.32. The molecule has 2 aromatic carbocycles. The maximum absolute atomic E-state index is 3.81. The highest BCUT2D eigenvalue weighted by Gasteiger charge is 2.39. The van der Waals surface area contributed by atoms with Crippen molar-refractivity contribution in [2.45, 2.75) is 60.3 Å². The SMILES string of the molecule is CCc1ccccc1-c1ccccc1N/C1=C/SC/C=C2\C(=C/C1)C(C)(C)CCC2(C)C. The Balaban J connectivity index is 1.66. The lowest BCUT2D eigenvalue weighted by atomic mass is 9.60. The summed E-state index contributed by atoms with van der Waals surface area (Å²) in [5, 5.41) is 6.14. The Morgan fingerprint density at radius 2 is 1.44 bits per heavy atom. The van der Waals surface area contributed by atoms with E-state index >= 15 is 0 Å². The van der Waals surface area contributed by atoms with E-state index in [1.54, 1.807) is 11.1 Å². The van der Waals surface area contributed by atoms with Gasteiger partial charge >= 0.3 is 0 Å². The van der Waals surface area contributed by atoms with E-state index in [-0.39, 0.29) is 10.8 Å². The van der Waals surface area contributed by atoms with Gasteiger partial charge in [0.25, 0.3) is 0 Å². The van der Waals surface area contributed by atoms with Gasteiger partial charge in [0, 0.05) is 29.1 Å². The minimum Gasteiger partial charge on any atom is -0.358 e. The number of thioether (sulfide) groups is 1. The summed E-state index contributed by atoms with van der Waals surface area (Å²) in [5.74, 6) is 1.03. The zero-order valence-electron chi connectivity index (χ0n) is 20.3. The first-order chi connectivity index (χ1) is 15.3. The van der Waals surface area contributed by atoms with E-state index in [4.69, 9.17) is 0 Å². The van der Waals surface area contributed by atoms with Crippen LogP contribution in [0.3, 0.4) is 0 Å². The maximum Gasteiger partial charge on any atom is 0.0461 e. The van der Waals surface area contributed by atoms with Crippen LogP contribution < -0.4 is 5.32 Å². The Morgan fingerprint density at radius 3 is 2.16 bits per heavy atom. The second-order valence-electron chi connectivity index (χ2n) is 10.4.